The van der Waals surface area contributed by atoms with Crippen LogP contribution in [-0.4, -0.2) is 108 Å². The molecule has 2 aliphatic carbocycles. The van der Waals surface area contributed by atoms with Gasteiger partial charge in [-0.2, -0.15) is 13.2 Å². The number of pyridine rings is 1. The van der Waals surface area contributed by atoms with E-state index in [0.717, 1.165) is 4.90 Å². The monoisotopic (exact) mass is 837 g/mol. The van der Waals surface area contributed by atoms with Crippen molar-refractivity contribution in [2.24, 2.45) is 17.8 Å². The number of aliphatic hydroxyl groups is 1. The molecule has 3 heterocycles. The van der Waals surface area contributed by atoms with Crippen LogP contribution in [0.4, 0.5) is 18.0 Å². The second-order valence-corrected chi connectivity index (χ2v) is 18.6. The Morgan fingerprint density at radius 2 is 1.79 bits per heavy atom. The molecule has 0 radical (unpaired) electrons. The van der Waals surface area contributed by atoms with Crippen LogP contribution < -0.4 is 24.8 Å². The van der Waals surface area contributed by atoms with E-state index in [1.54, 1.807) is 37.3 Å². The molecule has 1 saturated heterocycles. The molecule has 58 heavy (non-hydrogen) atoms. The van der Waals surface area contributed by atoms with Gasteiger partial charge in [0, 0.05) is 23.1 Å². The van der Waals surface area contributed by atoms with Crippen LogP contribution in [0.15, 0.2) is 42.6 Å². The molecule has 7 atom stereocenters. The number of alkyl carbamates (subject to hydrolysis) is 1. The molecule has 1 aromatic carbocycles. The third-order valence-electron chi connectivity index (χ3n) is 11.8. The molecule has 4 aliphatic rings. The van der Waals surface area contributed by atoms with Gasteiger partial charge in [0.1, 0.15) is 34.2 Å². The zero-order valence-corrected chi connectivity index (χ0v) is 33.7. The van der Waals surface area contributed by atoms with Crippen LogP contribution >= 0.6 is 0 Å². The van der Waals surface area contributed by atoms with Gasteiger partial charge in [-0.1, -0.05) is 44.2 Å². The summed E-state index contributed by atoms with van der Waals surface area (Å²) in [6.07, 6.45) is -0.629. The molecule has 1 aromatic heterocycles. The van der Waals surface area contributed by atoms with Gasteiger partial charge in [0.05, 0.1) is 26.5 Å². The molecule has 0 spiro atoms. The number of amides is 4. The molecule has 15 nitrogen and oxygen atoms in total. The minimum absolute atomic E-state index is 0.0443. The van der Waals surface area contributed by atoms with Crippen molar-refractivity contribution in [3.05, 3.63) is 42.6 Å². The number of fused-ring (bicyclic) bond motifs is 3. The lowest BCUT2D eigenvalue weighted by atomic mass is 9.88. The van der Waals surface area contributed by atoms with Crippen molar-refractivity contribution in [3.63, 3.8) is 0 Å². The predicted octanol–water partition coefficient (Wildman–Crippen LogP) is 3.89. The van der Waals surface area contributed by atoms with E-state index in [9.17, 15) is 45.9 Å². The fourth-order valence-electron chi connectivity index (χ4n) is 7.79. The number of halogens is 3. The highest BCUT2D eigenvalue weighted by molar-refractivity contribution is 7.91. The first kappa shape index (κ1) is 42.9. The largest absolute Gasteiger partial charge is 0.494 e. The number of nitrogens with zero attached hydrogens (tertiary/aromatic N) is 2. The highest BCUT2D eigenvalue weighted by Crippen LogP contribution is 2.48. The van der Waals surface area contributed by atoms with Gasteiger partial charge in [-0.3, -0.25) is 19.1 Å². The van der Waals surface area contributed by atoms with Crippen LogP contribution in [0.5, 0.6) is 11.6 Å². The van der Waals surface area contributed by atoms with Crippen LogP contribution in [0.2, 0.25) is 0 Å². The maximum absolute atomic E-state index is 14.7. The third kappa shape index (κ3) is 8.42. The lowest BCUT2D eigenvalue weighted by molar-refractivity contribution is -0.244. The topological polar surface area (TPSA) is 203 Å². The van der Waals surface area contributed by atoms with Gasteiger partial charge in [0.25, 0.3) is 5.91 Å². The number of carbonyl (C=O) groups excluding carboxylic acids is 4. The molecule has 318 valence electrons. The van der Waals surface area contributed by atoms with Crippen molar-refractivity contribution < 1.29 is 60.1 Å². The summed E-state index contributed by atoms with van der Waals surface area (Å²) < 4.78 is 84.8. The number of hydrogen-bond donors (Lipinski definition) is 4. The highest BCUT2D eigenvalue weighted by atomic mass is 32.2. The molecular weight excluding hydrogens is 788 g/mol. The van der Waals surface area contributed by atoms with E-state index < -0.39 is 92.5 Å². The van der Waals surface area contributed by atoms with Crippen LogP contribution in [0.3, 0.4) is 0 Å². The fraction of sp³-hybridized carbons (Fsp3) is 0.615. The Morgan fingerprint density at radius 1 is 1.10 bits per heavy atom. The number of rotatable bonds is 9. The Kier molecular flexibility index (Phi) is 11.7. The van der Waals surface area contributed by atoms with E-state index >= 15 is 0 Å². The molecule has 2 saturated carbocycles. The third-order valence-corrected chi connectivity index (χ3v) is 14.0. The first-order valence-corrected chi connectivity index (χ1v) is 20.8. The van der Waals surface area contributed by atoms with Crippen LogP contribution in [0.1, 0.15) is 72.6 Å². The number of allylic oxidation sites excluding steroid dienone is 1. The highest BCUT2D eigenvalue weighted by Gasteiger charge is 2.64. The number of methoxy groups -OCH3 is 1. The Hall–Kier alpha value is -4.65. The first-order valence-electron chi connectivity index (χ1n) is 19.3. The average Bonchev–Trinajstić information content (AvgIpc) is 4.06. The van der Waals surface area contributed by atoms with Crippen molar-refractivity contribution in [2.75, 3.05) is 20.3 Å². The zero-order valence-electron chi connectivity index (χ0n) is 32.9. The molecule has 4 amide bonds. The van der Waals surface area contributed by atoms with Gasteiger partial charge >= 0.3 is 12.3 Å². The summed E-state index contributed by atoms with van der Waals surface area (Å²) in [7, 11) is -2.85. The molecular formula is C39H50F3N5O10S. The molecule has 4 N–H and O–H groups in total. The van der Waals surface area contributed by atoms with Crippen molar-refractivity contribution >= 4 is 44.6 Å². The van der Waals surface area contributed by atoms with E-state index in [-0.39, 0.29) is 44.0 Å². The number of hydrogen-bond acceptors (Lipinski definition) is 11. The minimum atomic E-state index is -4.92. The number of sulfonamides is 1. The van der Waals surface area contributed by atoms with E-state index in [4.69, 9.17) is 14.2 Å². The zero-order chi connectivity index (χ0) is 42.4. The molecule has 6 rings (SSSR count). The Morgan fingerprint density at radius 3 is 2.43 bits per heavy atom. The number of alkyl halides is 3. The summed E-state index contributed by atoms with van der Waals surface area (Å²) >= 11 is 0. The summed E-state index contributed by atoms with van der Waals surface area (Å²) in [6.45, 7) is 4.02. The number of ether oxygens (including phenoxy) is 3. The fourth-order valence-corrected chi connectivity index (χ4v) is 9.24. The summed E-state index contributed by atoms with van der Waals surface area (Å²) in [5.74, 6) is -3.31. The van der Waals surface area contributed by atoms with Crippen LogP contribution in [0, 0.1) is 17.8 Å². The van der Waals surface area contributed by atoms with Crippen molar-refractivity contribution in [1.82, 2.24) is 25.2 Å². The average molecular weight is 838 g/mol. The normalized spacial score (nSPS) is 29.4. The smallest absolute Gasteiger partial charge is 0.427 e. The Labute approximate surface area is 334 Å². The number of aliphatic hydroxyl groups excluding tert-OH is 1. The summed E-state index contributed by atoms with van der Waals surface area (Å²) in [4.78, 5) is 61.8. The molecule has 19 heteroatoms. The van der Waals surface area contributed by atoms with Gasteiger partial charge in [-0.05, 0) is 70.3 Å². The van der Waals surface area contributed by atoms with E-state index in [2.05, 4.69) is 20.3 Å². The summed E-state index contributed by atoms with van der Waals surface area (Å²) in [5.41, 5.74) is -4.62. The van der Waals surface area contributed by atoms with E-state index in [1.807, 2.05) is 13.0 Å². The number of aromatic nitrogens is 1. The lowest BCUT2D eigenvalue weighted by Gasteiger charge is -2.34. The molecule has 0 bridgehead atoms. The SMILES string of the molecule is COc1cnc(O[C@@H]2CC3C(=O)N[C@]4(C(=O)NS(=O)(=O)C5(CO)CC5)C[C@H]4/C=C\CC[C@H](C)C[C@@H](C)[C@H](NC(=O)OC(C)(C)C(F)(F)F)C(=O)N3C2)c2ccccc12. The van der Waals surface area contributed by atoms with Gasteiger partial charge in [0.2, 0.25) is 33.3 Å². The summed E-state index contributed by atoms with van der Waals surface area (Å²) in [6, 6.07) is 4.29. The van der Waals surface area contributed by atoms with Crippen LogP contribution in [-0.2, 0) is 29.1 Å². The Balaban J connectivity index is 1.36. The van der Waals surface area contributed by atoms with Gasteiger partial charge in [-0.25, -0.2) is 18.2 Å². The molecule has 1 unspecified atom stereocenters. The van der Waals surface area contributed by atoms with Crippen molar-refractivity contribution in [2.45, 2.75) is 113 Å². The van der Waals surface area contributed by atoms with Gasteiger partial charge < -0.3 is 34.9 Å². The standard InChI is InChI=1S/C39H50F3N5O10S/c1-22-10-6-7-11-24-18-38(24,34(51)46-58(53,54)37(21-48)14-15-37)45-31(49)28-17-25(56-32-27-13-9-8-12-26(27)29(55-5)19-43-32)20-47(28)33(50)30(23(2)16-22)44-35(52)57-36(3,4)39(40,41)42/h7-9,11-13,19,22-25,28,30,48H,6,10,14-18,20-21H2,1-5H3,(H,44,52)(H,45,49)(H,46,51)/b11-7-/t22-,23+,24+,25+,28?,30-,38+/m0/s1. The maximum atomic E-state index is 14.7. The maximum Gasteiger partial charge on any atom is 0.427 e. The molecule has 2 aliphatic heterocycles. The number of carbonyl (C=O) groups is 4. The number of nitrogens with one attached hydrogen (secondary N) is 3. The van der Waals surface area contributed by atoms with Crippen molar-refractivity contribution in [3.8, 4) is 11.6 Å². The molecule has 3 fully saturated rings. The minimum Gasteiger partial charge on any atom is -0.494 e. The second-order valence-electron chi connectivity index (χ2n) is 16.5. The second kappa shape index (κ2) is 15.8. The van der Waals surface area contributed by atoms with Crippen LogP contribution in [0.25, 0.3) is 10.8 Å². The van der Waals surface area contributed by atoms with Gasteiger partial charge in [0.15, 0.2) is 0 Å². The van der Waals surface area contributed by atoms with E-state index in [1.165, 1.54) is 13.3 Å². The van der Waals surface area contributed by atoms with E-state index in [0.29, 0.717) is 49.6 Å². The quantitative estimate of drug-likeness (QED) is 0.267. The lowest BCUT2D eigenvalue weighted by Crippen LogP contribution is -2.60. The summed E-state index contributed by atoms with van der Waals surface area (Å²) in [5, 5.41) is 16.2. The Bertz CT molecular complexity index is 2080. The molecule has 2 aromatic rings. The van der Waals surface area contributed by atoms with Crippen molar-refractivity contribution in [1.29, 1.82) is 0 Å². The first-order chi connectivity index (χ1) is 27.2. The predicted molar refractivity (Wildman–Crippen MR) is 203 cm³/mol. The van der Waals surface area contributed by atoms with Gasteiger partial charge in [-0.15, -0.1) is 0 Å². The number of benzene rings is 1.